The number of rotatable bonds is 4. The van der Waals surface area contributed by atoms with Gasteiger partial charge in [-0.1, -0.05) is 27.7 Å². The van der Waals surface area contributed by atoms with Crippen molar-refractivity contribution in [2.24, 2.45) is 0 Å². The normalized spacial score (nSPS) is 11.2. The summed E-state index contributed by atoms with van der Waals surface area (Å²) in [5, 5.41) is 21.6. The van der Waals surface area contributed by atoms with Gasteiger partial charge in [0.1, 0.15) is 0 Å². The maximum atomic E-state index is 8.73. The molecule has 5 nitrogen and oxygen atoms in total. The molecular weight excluding hydrogens is 195 g/mol. The van der Waals surface area contributed by atoms with E-state index in [4.69, 9.17) is 14.8 Å². The van der Waals surface area contributed by atoms with E-state index < -0.39 is 7.32 Å². The molecule has 0 aliphatic carbocycles. The van der Waals surface area contributed by atoms with E-state index in [0.29, 0.717) is 0 Å². The third kappa shape index (κ3) is 2.97. The number of nitrogens with zero attached hydrogens (tertiary/aromatic N) is 2. The van der Waals surface area contributed by atoms with Crippen LogP contribution in [0.5, 0.6) is 0 Å². The fourth-order valence-corrected chi connectivity index (χ4v) is 1.24. The molecule has 0 aliphatic heterocycles. The minimum Gasteiger partial charge on any atom is -0.405 e. The molecule has 2 N–H and O–H groups in total. The standard InChI is InChI=1S/C9H17BN2O3/c1-6(2)8-5-9(7(3)4)12(11-8)15-10(13)14/h5-7,13-14H,1-4H3. The average molecular weight is 212 g/mol. The first-order chi connectivity index (χ1) is 6.91. The van der Waals surface area contributed by atoms with Crippen LogP contribution >= 0.6 is 0 Å². The van der Waals surface area contributed by atoms with E-state index in [2.05, 4.69) is 5.10 Å². The molecule has 0 radical (unpaired) electrons. The Morgan fingerprint density at radius 2 is 1.87 bits per heavy atom. The first kappa shape index (κ1) is 12.1. The van der Waals surface area contributed by atoms with Crippen molar-refractivity contribution >= 4 is 7.32 Å². The largest absolute Gasteiger partial charge is 0.729 e. The Kier molecular flexibility index (Phi) is 3.76. The van der Waals surface area contributed by atoms with Gasteiger partial charge in [0, 0.05) is 0 Å². The molecule has 84 valence electrons. The van der Waals surface area contributed by atoms with Crippen molar-refractivity contribution < 1.29 is 14.8 Å². The van der Waals surface area contributed by atoms with E-state index in [1.165, 1.54) is 4.85 Å². The summed E-state index contributed by atoms with van der Waals surface area (Å²) >= 11 is 0. The molecule has 0 atom stereocenters. The molecule has 1 rings (SSSR count). The summed E-state index contributed by atoms with van der Waals surface area (Å²) in [6.45, 7) is 8.02. The maximum absolute atomic E-state index is 8.73. The van der Waals surface area contributed by atoms with Gasteiger partial charge in [0.15, 0.2) is 0 Å². The minimum atomic E-state index is -1.84. The van der Waals surface area contributed by atoms with Crippen molar-refractivity contribution in [3.63, 3.8) is 0 Å². The summed E-state index contributed by atoms with van der Waals surface area (Å²) in [7, 11) is -1.84. The third-order valence-corrected chi connectivity index (χ3v) is 2.10. The zero-order valence-corrected chi connectivity index (χ0v) is 9.51. The zero-order chi connectivity index (χ0) is 11.6. The predicted octanol–water partition coefficient (Wildman–Crippen LogP) is 0.528. The Hall–Kier alpha value is -1.01. The number of hydrogen-bond donors (Lipinski definition) is 2. The molecule has 0 saturated carbocycles. The summed E-state index contributed by atoms with van der Waals surface area (Å²) in [6.07, 6.45) is 0. The topological polar surface area (TPSA) is 67.5 Å². The summed E-state index contributed by atoms with van der Waals surface area (Å²) in [6, 6.07) is 1.91. The van der Waals surface area contributed by atoms with Crippen LogP contribution in [0.1, 0.15) is 50.9 Å². The van der Waals surface area contributed by atoms with Crippen LogP contribution in [0.15, 0.2) is 6.07 Å². The molecule has 0 saturated heterocycles. The lowest BCUT2D eigenvalue weighted by atomic mass is 10.1. The SMILES string of the molecule is CC(C)c1cc(C(C)C)n(OB(O)O)n1. The second kappa shape index (κ2) is 4.68. The van der Waals surface area contributed by atoms with Crippen LogP contribution in [0.4, 0.5) is 0 Å². The number of aromatic nitrogens is 2. The molecule has 1 aromatic heterocycles. The Balaban J connectivity index is 3.00. The Morgan fingerprint density at radius 3 is 2.27 bits per heavy atom. The van der Waals surface area contributed by atoms with Crippen molar-refractivity contribution in [2.75, 3.05) is 0 Å². The van der Waals surface area contributed by atoms with Crippen LogP contribution in [0, 0.1) is 0 Å². The summed E-state index contributed by atoms with van der Waals surface area (Å²) in [5.74, 6) is 0.493. The van der Waals surface area contributed by atoms with E-state index in [9.17, 15) is 0 Å². The lowest BCUT2D eigenvalue weighted by molar-refractivity contribution is 0.132. The van der Waals surface area contributed by atoms with Gasteiger partial charge in [-0.3, -0.25) is 0 Å². The van der Waals surface area contributed by atoms with Gasteiger partial charge in [-0.2, -0.15) is 0 Å². The van der Waals surface area contributed by atoms with Crippen LogP contribution in [-0.4, -0.2) is 27.3 Å². The summed E-state index contributed by atoms with van der Waals surface area (Å²) in [5.41, 5.74) is 1.70. The van der Waals surface area contributed by atoms with Crippen LogP contribution in [0.2, 0.25) is 0 Å². The molecule has 0 unspecified atom stereocenters. The highest BCUT2D eigenvalue weighted by Crippen LogP contribution is 2.19. The van der Waals surface area contributed by atoms with Gasteiger partial charge in [-0.05, 0) is 17.9 Å². The van der Waals surface area contributed by atoms with Crippen molar-refractivity contribution in [1.29, 1.82) is 0 Å². The van der Waals surface area contributed by atoms with E-state index in [0.717, 1.165) is 11.4 Å². The average Bonchev–Trinajstić information content (AvgIpc) is 2.46. The van der Waals surface area contributed by atoms with Crippen molar-refractivity contribution in [3.8, 4) is 0 Å². The molecule has 1 heterocycles. The van der Waals surface area contributed by atoms with E-state index in [1.807, 2.05) is 33.8 Å². The third-order valence-electron chi connectivity index (χ3n) is 2.10. The molecule has 15 heavy (non-hydrogen) atoms. The van der Waals surface area contributed by atoms with Crippen molar-refractivity contribution in [3.05, 3.63) is 17.5 Å². The van der Waals surface area contributed by atoms with Gasteiger partial charge in [-0.15, -0.1) is 9.94 Å². The van der Waals surface area contributed by atoms with Gasteiger partial charge < -0.3 is 14.8 Å². The molecule has 0 amide bonds. The van der Waals surface area contributed by atoms with Crippen molar-refractivity contribution in [1.82, 2.24) is 9.94 Å². The van der Waals surface area contributed by atoms with Gasteiger partial charge in [0.25, 0.3) is 0 Å². The highest BCUT2D eigenvalue weighted by molar-refractivity contribution is 6.32. The van der Waals surface area contributed by atoms with E-state index in [-0.39, 0.29) is 11.8 Å². The Bertz CT molecular complexity index is 323. The monoisotopic (exact) mass is 212 g/mol. The fourth-order valence-electron chi connectivity index (χ4n) is 1.24. The molecule has 6 heteroatoms. The second-order valence-electron chi connectivity index (χ2n) is 4.11. The second-order valence-corrected chi connectivity index (χ2v) is 4.11. The maximum Gasteiger partial charge on any atom is 0.729 e. The lowest BCUT2D eigenvalue weighted by Crippen LogP contribution is -2.31. The fraction of sp³-hybridized carbons (Fsp3) is 0.667. The zero-order valence-electron chi connectivity index (χ0n) is 9.51. The predicted molar refractivity (Wildman–Crippen MR) is 57.2 cm³/mol. The minimum absolute atomic E-state index is 0.212. The van der Waals surface area contributed by atoms with Crippen LogP contribution in [0.3, 0.4) is 0 Å². The molecule has 0 spiro atoms. The van der Waals surface area contributed by atoms with E-state index in [1.54, 1.807) is 0 Å². The molecule has 0 fully saturated rings. The molecule has 0 bridgehead atoms. The van der Waals surface area contributed by atoms with E-state index >= 15 is 0 Å². The summed E-state index contributed by atoms with van der Waals surface area (Å²) < 4.78 is 4.75. The smallest absolute Gasteiger partial charge is 0.405 e. The van der Waals surface area contributed by atoms with Crippen molar-refractivity contribution in [2.45, 2.75) is 39.5 Å². The first-order valence-corrected chi connectivity index (χ1v) is 5.05. The quantitative estimate of drug-likeness (QED) is 0.714. The highest BCUT2D eigenvalue weighted by Gasteiger charge is 2.19. The Labute approximate surface area is 89.8 Å². The Morgan fingerprint density at radius 1 is 1.27 bits per heavy atom. The highest BCUT2D eigenvalue weighted by atomic mass is 16.7. The molecule has 1 aromatic rings. The lowest BCUT2D eigenvalue weighted by Gasteiger charge is -2.09. The van der Waals surface area contributed by atoms with Gasteiger partial charge in [-0.25, -0.2) is 0 Å². The van der Waals surface area contributed by atoms with Crippen LogP contribution in [-0.2, 0) is 0 Å². The van der Waals surface area contributed by atoms with Crippen LogP contribution in [0.25, 0.3) is 0 Å². The molecule has 0 aromatic carbocycles. The van der Waals surface area contributed by atoms with Gasteiger partial charge in [0.2, 0.25) is 0 Å². The molecule has 0 aliphatic rings. The first-order valence-electron chi connectivity index (χ1n) is 5.05. The number of hydrogen-bond acceptors (Lipinski definition) is 4. The van der Waals surface area contributed by atoms with Gasteiger partial charge >= 0.3 is 7.32 Å². The molecular formula is C9H17BN2O3. The van der Waals surface area contributed by atoms with Crippen LogP contribution < -0.4 is 4.76 Å². The summed E-state index contributed by atoms with van der Waals surface area (Å²) in [4.78, 5) is 1.19. The van der Waals surface area contributed by atoms with Gasteiger partial charge in [0.05, 0.1) is 11.4 Å².